The molecule has 0 saturated heterocycles. The van der Waals surface area contributed by atoms with E-state index in [9.17, 15) is 9.59 Å². The second kappa shape index (κ2) is 6.64. The standard InChI is InChI=1S/C38H23N5O2/c1-37(2)24-11-3-4-12-26(24)42-28-15-13-22-32-30(28)38(29-27(16-14-25(37)33(29)42)40-18-7-19-41(38)40)39-17-6-10-23-35(45)21-9-5-8-20(34(22)44)31(21)43(32)36(23)39/h3-19H,1-2H3/q+2. The van der Waals surface area contributed by atoms with Gasteiger partial charge in [-0.2, -0.15) is 8.97 Å². The van der Waals surface area contributed by atoms with E-state index in [0.717, 1.165) is 39.4 Å². The van der Waals surface area contributed by atoms with Crippen molar-refractivity contribution in [2.75, 3.05) is 4.90 Å². The maximum Gasteiger partial charge on any atom is 0.394 e. The van der Waals surface area contributed by atoms with Gasteiger partial charge in [0.1, 0.15) is 22.2 Å². The Morgan fingerprint density at radius 3 is 2.24 bits per heavy atom. The van der Waals surface area contributed by atoms with Crippen LogP contribution in [0.2, 0.25) is 0 Å². The van der Waals surface area contributed by atoms with Crippen LogP contribution >= 0.6 is 0 Å². The molecule has 1 unspecified atom stereocenters. The molecule has 4 aliphatic heterocycles. The van der Waals surface area contributed by atoms with E-state index >= 15 is 0 Å². The first-order valence-electron chi connectivity index (χ1n) is 15.4. The molecule has 0 bridgehead atoms. The molecule has 7 heteroatoms. The molecule has 45 heavy (non-hydrogen) atoms. The Kier molecular flexibility index (Phi) is 3.34. The minimum absolute atomic E-state index is 0.0463. The van der Waals surface area contributed by atoms with E-state index in [-0.39, 0.29) is 16.3 Å². The molecular formula is C38H23N5O2+2. The summed E-state index contributed by atoms with van der Waals surface area (Å²) in [6.45, 7) is 4.63. The molecule has 8 aromatic rings. The van der Waals surface area contributed by atoms with Crippen molar-refractivity contribution in [1.29, 1.82) is 0 Å². The van der Waals surface area contributed by atoms with Gasteiger partial charge in [-0.1, -0.05) is 48.9 Å². The first-order chi connectivity index (χ1) is 22.0. The highest BCUT2D eigenvalue weighted by Gasteiger charge is 2.69. The Bertz CT molecular complexity index is 2900. The number of nitrogens with zero attached hydrogens (tertiary/aromatic N) is 5. The smallest absolute Gasteiger partial charge is 0.308 e. The zero-order valence-corrected chi connectivity index (χ0v) is 24.4. The second-order valence-corrected chi connectivity index (χ2v) is 13.4. The number of aromatic nitrogens is 4. The maximum absolute atomic E-state index is 14.4. The first kappa shape index (κ1) is 22.7. The molecule has 4 aromatic carbocycles. The quantitative estimate of drug-likeness (QED) is 0.139. The summed E-state index contributed by atoms with van der Waals surface area (Å²) in [6, 6.07) is 29.0. The number of pyridine rings is 3. The maximum atomic E-state index is 14.4. The van der Waals surface area contributed by atoms with Gasteiger partial charge in [0.05, 0.1) is 45.6 Å². The Hall–Kier alpha value is -5.82. The zero-order valence-electron chi connectivity index (χ0n) is 24.4. The predicted octanol–water partition coefficient (Wildman–Crippen LogP) is 5.27. The molecule has 4 aromatic heterocycles. The van der Waals surface area contributed by atoms with E-state index in [4.69, 9.17) is 0 Å². The van der Waals surface area contributed by atoms with Crippen molar-refractivity contribution < 1.29 is 9.25 Å². The minimum atomic E-state index is -0.879. The molecule has 0 fully saturated rings. The fourth-order valence-electron chi connectivity index (χ4n) is 9.53. The van der Waals surface area contributed by atoms with Crippen LogP contribution in [0.3, 0.4) is 0 Å². The normalized spacial score (nSPS) is 18.8. The van der Waals surface area contributed by atoms with Gasteiger partial charge in [0.15, 0.2) is 11.0 Å². The van der Waals surface area contributed by atoms with Crippen molar-refractivity contribution in [3.8, 4) is 5.69 Å². The van der Waals surface area contributed by atoms with Crippen molar-refractivity contribution >= 4 is 55.3 Å². The van der Waals surface area contributed by atoms with Crippen LogP contribution in [0.1, 0.15) is 36.1 Å². The van der Waals surface area contributed by atoms with Crippen molar-refractivity contribution in [1.82, 2.24) is 9.08 Å². The summed E-state index contributed by atoms with van der Waals surface area (Å²) in [5.74, 6) is 0. The Morgan fingerprint density at radius 2 is 1.38 bits per heavy atom. The minimum Gasteiger partial charge on any atom is -0.308 e. The molecule has 0 radical (unpaired) electrons. The summed E-state index contributed by atoms with van der Waals surface area (Å²) in [6.07, 6.45) is 6.36. The summed E-state index contributed by atoms with van der Waals surface area (Å²) >= 11 is 0. The van der Waals surface area contributed by atoms with Crippen LogP contribution in [-0.2, 0) is 11.1 Å². The van der Waals surface area contributed by atoms with Crippen LogP contribution in [0, 0.1) is 0 Å². The molecule has 1 atom stereocenters. The lowest BCUT2D eigenvalue weighted by atomic mass is 9.69. The molecule has 1 spiro atoms. The van der Waals surface area contributed by atoms with E-state index < -0.39 is 5.66 Å². The number of anilines is 3. The molecule has 210 valence electrons. The first-order valence-corrected chi connectivity index (χ1v) is 15.4. The summed E-state index contributed by atoms with van der Waals surface area (Å²) in [4.78, 5) is 31.1. The lowest BCUT2D eigenvalue weighted by molar-refractivity contribution is -0.987. The van der Waals surface area contributed by atoms with Gasteiger partial charge < -0.3 is 4.90 Å². The topological polar surface area (TPSA) is 54.5 Å². The second-order valence-electron chi connectivity index (χ2n) is 13.4. The Labute approximate surface area is 255 Å². The van der Waals surface area contributed by atoms with Crippen LogP contribution < -0.4 is 25.0 Å². The summed E-state index contributed by atoms with van der Waals surface area (Å²) in [5, 5.41) is 2.43. The Morgan fingerprint density at radius 1 is 0.622 bits per heavy atom. The van der Waals surface area contributed by atoms with Crippen LogP contribution in [-0.4, -0.2) is 9.08 Å². The number of rotatable bonds is 0. The number of fused-ring (bicyclic) bond motifs is 5. The van der Waals surface area contributed by atoms with Crippen LogP contribution in [0.4, 0.5) is 17.1 Å². The molecular weight excluding hydrogens is 558 g/mol. The summed E-state index contributed by atoms with van der Waals surface area (Å²) in [5.41, 5.74) is 10.3. The molecule has 7 nitrogen and oxygen atoms in total. The number of hydrogen-bond acceptors (Lipinski definition) is 3. The van der Waals surface area contributed by atoms with Gasteiger partial charge in [0.2, 0.25) is 17.1 Å². The van der Waals surface area contributed by atoms with Gasteiger partial charge in [0.25, 0.3) is 0 Å². The van der Waals surface area contributed by atoms with Gasteiger partial charge in [-0.25, -0.2) is 0 Å². The van der Waals surface area contributed by atoms with Gasteiger partial charge in [0, 0.05) is 11.5 Å². The number of benzene rings is 4. The molecule has 8 heterocycles. The van der Waals surface area contributed by atoms with Crippen molar-refractivity contribution in [3.63, 3.8) is 0 Å². The monoisotopic (exact) mass is 581 g/mol. The van der Waals surface area contributed by atoms with Gasteiger partial charge in [-0.3, -0.25) is 9.59 Å². The van der Waals surface area contributed by atoms with Gasteiger partial charge >= 0.3 is 11.3 Å². The summed E-state index contributed by atoms with van der Waals surface area (Å²) in [7, 11) is 0. The van der Waals surface area contributed by atoms with Crippen LogP contribution in [0.5, 0.6) is 0 Å². The Balaban J connectivity index is 1.47. The highest BCUT2D eigenvalue weighted by Crippen LogP contribution is 2.62. The third-order valence-electron chi connectivity index (χ3n) is 11.2. The van der Waals surface area contributed by atoms with E-state index in [0.29, 0.717) is 27.1 Å². The molecule has 0 saturated carbocycles. The average Bonchev–Trinajstić information content (AvgIpc) is 3.65. The molecule has 0 aliphatic carbocycles. The predicted molar refractivity (Wildman–Crippen MR) is 172 cm³/mol. The largest absolute Gasteiger partial charge is 0.394 e. The lowest BCUT2D eigenvalue weighted by Crippen LogP contribution is -2.76. The molecule has 12 rings (SSSR count). The lowest BCUT2D eigenvalue weighted by Gasteiger charge is -2.46. The SMILES string of the molecule is CC1(C)c2ccccc2N2c3ccc4c(=O)c5cccc6c(=O)c7ccc[n+]8c7n(c4c3C83c4c(ccc1c42)-n1ccc[n+]13)c56. The van der Waals surface area contributed by atoms with Gasteiger partial charge in [-0.05, 0) is 59.7 Å². The number of hydrogen-bond donors (Lipinski definition) is 0. The molecule has 4 aliphatic rings. The highest BCUT2D eigenvalue weighted by molar-refractivity contribution is 6.10. The van der Waals surface area contributed by atoms with Crippen molar-refractivity contribution in [2.45, 2.75) is 24.9 Å². The summed E-state index contributed by atoms with van der Waals surface area (Å²) < 4.78 is 9.04. The highest BCUT2D eigenvalue weighted by atomic mass is 16.1. The fourth-order valence-corrected chi connectivity index (χ4v) is 9.53. The molecule has 0 N–H and O–H groups in total. The van der Waals surface area contributed by atoms with Crippen LogP contribution in [0.25, 0.3) is 43.9 Å². The van der Waals surface area contributed by atoms with E-state index in [1.165, 1.54) is 16.8 Å². The van der Waals surface area contributed by atoms with Crippen molar-refractivity contribution in [3.05, 3.63) is 146 Å². The fraction of sp³-hybridized carbons (Fsp3) is 0.105. The number of para-hydroxylation sites is 2. The van der Waals surface area contributed by atoms with Crippen LogP contribution in [0.15, 0.2) is 113 Å². The van der Waals surface area contributed by atoms with E-state index in [2.05, 4.69) is 104 Å². The zero-order chi connectivity index (χ0) is 29.7. The third kappa shape index (κ3) is 2.02. The third-order valence-corrected chi connectivity index (χ3v) is 11.2. The average molecular weight is 582 g/mol. The van der Waals surface area contributed by atoms with Gasteiger partial charge in [-0.15, -0.1) is 4.68 Å². The molecule has 0 amide bonds. The van der Waals surface area contributed by atoms with E-state index in [1.54, 1.807) is 0 Å². The van der Waals surface area contributed by atoms with E-state index in [1.807, 2.05) is 36.4 Å². The van der Waals surface area contributed by atoms with Crippen molar-refractivity contribution in [2.24, 2.45) is 0 Å².